The molecule has 1 aliphatic rings. The summed E-state index contributed by atoms with van der Waals surface area (Å²) < 4.78 is 16.2. The van der Waals surface area contributed by atoms with Crippen molar-refractivity contribution in [2.24, 2.45) is 0 Å². The third-order valence-electron chi connectivity index (χ3n) is 7.24. The van der Waals surface area contributed by atoms with Gasteiger partial charge in [-0.1, -0.05) is 30.3 Å². The van der Waals surface area contributed by atoms with Crippen LogP contribution in [0, 0.1) is 6.92 Å². The van der Waals surface area contributed by atoms with E-state index in [2.05, 4.69) is 4.98 Å². The second kappa shape index (κ2) is 12.3. The number of aromatic amines is 1. The van der Waals surface area contributed by atoms with Crippen LogP contribution in [0.5, 0.6) is 5.75 Å². The summed E-state index contributed by atoms with van der Waals surface area (Å²) in [5.74, 6) is -1.60. The Hall–Kier alpha value is -4.92. The van der Waals surface area contributed by atoms with Crippen LogP contribution in [0.2, 0.25) is 0 Å². The third kappa shape index (κ3) is 5.63. The number of carbonyl (C=O) groups is 3. The van der Waals surface area contributed by atoms with Crippen molar-refractivity contribution < 1.29 is 33.7 Å². The number of nitrogens with one attached hydrogen (secondary N) is 1. The van der Waals surface area contributed by atoms with E-state index in [1.807, 2.05) is 42.5 Å². The highest BCUT2D eigenvalue weighted by Gasteiger charge is 2.29. The number of para-hydroxylation sites is 1. The Labute approximate surface area is 243 Å². The Morgan fingerprint density at radius 1 is 0.905 bits per heavy atom. The molecule has 0 fully saturated rings. The number of aromatic nitrogens is 2. The number of esters is 3. The molecular formula is C33H32N2O7. The standard InChI is InChI=1S/C33H32N2O7/c1-4-40-31(37)27-19(3)29(33(39)41-5-2)35-26(27)18-42-32(38)28-23-10-6-7-12-25(23)34-30-21(9-8-11-24(28)30)17-20-13-15-22(36)16-14-20/h6-7,10,12-17,35-36H,4-5,8-9,11,18H2,1-3H3/b21-17+. The van der Waals surface area contributed by atoms with Crippen LogP contribution >= 0.6 is 0 Å². The molecule has 0 bridgehead atoms. The van der Waals surface area contributed by atoms with Crippen LogP contribution in [0.25, 0.3) is 22.6 Å². The van der Waals surface area contributed by atoms with Gasteiger partial charge in [0.05, 0.1) is 41.2 Å². The molecule has 9 heteroatoms. The van der Waals surface area contributed by atoms with E-state index >= 15 is 0 Å². The normalized spacial score (nSPS) is 13.5. The summed E-state index contributed by atoms with van der Waals surface area (Å²) in [5, 5.41) is 10.3. The van der Waals surface area contributed by atoms with Gasteiger partial charge < -0.3 is 24.3 Å². The highest BCUT2D eigenvalue weighted by molar-refractivity contribution is 6.07. The number of benzene rings is 2. The fourth-order valence-corrected chi connectivity index (χ4v) is 5.34. The lowest BCUT2D eigenvalue weighted by atomic mass is 9.86. The molecule has 0 saturated carbocycles. The smallest absolute Gasteiger partial charge is 0.355 e. The number of rotatable bonds is 8. The first-order valence-corrected chi connectivity index (χ1v) is 14.0. The zero-order valence-electron chi connectivity index (χ0n) is 23.8. The average Bonchev–Trinajstić information content (AvgIpc) is 3.32. The predicted octanol–water partition coefficient (Wildman–Crippen LogP) is 6.16. The Balaban J connectivity index is 1.53. The van der Waals surface area contributed by atoms with Gasteiger partial charge in [-0.15, -0.1) is 0 Å². The van der Waals surface area contributed by atoms with Gasteiger partial charge in [-0.05, 0) is 86.6 Å². The van der Waals surface area contributed by atoms with Gasteiger partial charge in [0.15, 0.2) is 0 Å². The van der Waals surface area contributed by atoms with E-state index in [9.17, 15) is 19.5 Å². The first-order chi connectivity index (χ1) is 20.3. The molecule has 216 valence electrons. The summed E-state index contributed by atoms with van der Waals surface area (Å²) in [5.41, 5.74) is 5.42. The third-order valence-corrected chi connectivity index (χ3v) is 7.24. The maximum Gasteiger partial charge on any atom is 0.355 e. The Morgan fingerprint density at radius 2 is 1.60 bits per heavy atom. The number of phenols is 1. The fourth-order valence-electron chi connectivity index (χ4n) is 5.34. The monoisotopic (exact) mass is 568 g/mol. The fraction of sp³-hybridized carbons (Fsp3) is 0.273. The predicted molar refractivity (Wildman–Crippen MR) is 157 cm³/mol. The molecule has 0 saturated heterocycles. The van der Waals surface area contributed by atoms with E-state index in [4.69, 9.17) is 19.2 Å². The Morgan fingerprint density at radius 3 is 2.33 bits per heavy atom. The van der Waals surface area contributed by atoms with Gasteiger partial charge in [-0.25, -0.2) is 19.4 Å². The van der Waals surface area contributed by atoms with E-state index in [1.165, 1.54) is 0 Å². The summed E-state index contributed by atoms with van der Waals surface area (Å²) in [4.78, 5) is 47.0. The molecule has 0 radical (unpaired) electrons. The Bertz CT molecular complexity index is 1700. The van der Waals surface area contributed by atoms with Crippen LogP contribution in [0.15, 0.2) is 48.5 Å². The number of pyridine rings is 1. The number of phenolic OH excluding ortho intramolecular Hbond substituents is 1. The van der Waals surface area contributed by atoms with Crippen molar-refractivity contribution in [3.63, 3.8) is 0 Å². The second-order valence-electron chi connectivity index (χ2n) is 9.94. The molecule has 2 N–H and O–H groups in total. The molecule has 0 aliphatic heterocycles. The lowest BCUT2D eigenvalue weighted by molar-refractivity contribution is 0.0446. The maximum absolute atomic E-state index is 13.8. The summed E-state index contributed by atoms with van der Waals surface area (Å²) in [6.45, 7) is 5.03. The summed E-state index contributed by atoms with van der Waals surface area (Å²) in [7, 11) is 0. The van der Waals surface area contributed by atoms with Crippen molar-refractivity contribution in [1.29, 1.82) is 0 Å². The maximum atomic E-state index is 13.8. The zero-order chi connectivity index (χ0) is 29.8. The molecule has 1 aliphatic carbocycles. The molecule has 5 rings (SSSR count). The molecule has 0 amide bonds. The van der Waals surface area contributed by atoms with Crippen molar-refractivity contribution in [3.05, 3.63) is 93.4 Å². The number of fused-ring (bicyclic) bond motifs is 2. The molecule has 2 aromatic heterocycles. The van der Waals surface area contributed by atoms with Crippen molar-refractivity contribution in [2.75, 3.05) is 13.2 Å². The largest absolute Gasteiger partial charge is 0.508 e. The van der Waals surface area contributed by atoms with Gasteiger partial charge in [-0.3, -0.25) is 0 Å². The molecule has 0 unspecified atom stereocenters. The number of hydrogen-bond donors (Lipinski definition) is 2. The van der Waals surface area contributed by atoms with Gasteiger partial charge in [0.25, 0.3) is 0 Å². The molecule has 4 aromatic rings. The van der Waals surface area contributed by atoms with Crippen LogP contribution in [0.1, 0.15) is 86.0 Å². The lowest BCUT2D eigenvalue weighted by Crippen LogP contribution is -2.16. The lowest BCUT2D eigenvalue weighted by Gasteiger charge is -2.22. The van der Waals surface area contributed by atoms with Gasteiger partial charge in [0.1, 0.15) is 18.1 Å². The number of nitrogens with zero attached hydrogens (tertiary/aromatic N) is 1. The molecule has 0 spiro atoms. The number of ether oxygens (including phenoxy) is 3. The van der Waals surface area contributed by atoms with Crippen molar-refractivity contribution in [1.82, 2.24) is 9.97 Å². The quantitative estimate of drug-likeness (QED) is 0.191. The number of allylic oxidation sites excluding steroid dienone is 1. The molecule has 0 atom stereocenters. The van der Waals surface area contributed by atoms with E-state index < -0.39 is 17.9 Å². The minimum atomic E-state index is -0.622. The van der Waals surface area contributed by atoms with E-state index in [1.54, 1.807) is 32.9 Å². The average molecular weight is 569 g/mol. The summed E-state index contributed by atoms with van der Waals surface area (Å²) in [6.07, 6.45) is 4.28. The molecule has 42 heavy (non-hydrogen) atoms. The number of hydrogen-bond acceptors (Lipinski definition) is 8. The minimum Gasteiger partial charge on any atom is -0.508 e. The van der Waals surface area contributed by atoms with Crippen LogP contribution in [0.3, 0.4) is 0 Å². The van der Waals surface area contributed by atoms with Crippen molar-refractivity contribution in [2.45, 2.75) is 46.6 Å². The van der Waals surface area contributed by atoms with Crippen LogP contribution in [-0.2, 0) is 27.2 Å². The molecule has 9 nitrogen and oxygen atoms in total. The van der Waals surface area contributed by atoms with Gasteiger partial charge in [-0.2, -0.15) is 0 Å². The Kier molecular flexibility index (Phi) is 8.38. The number of carbonyl (C=O) groups excluding carboxylic acids is 3. The highest BCUT2D eigenvalue weighted by Crippen LogP contribution is 2.37. The van der Waals surface area contributed by atoms with E-state index in [-0.39, 0.29) is 42.5 Å². The first-order valence-electron chi connectivity index (χ1n) is 14.0. The second-order valence-corrected chi connectivity index (χ2v) is 9.94. The topological polar surface area (TPSA) is 128 Å². The van der Waals surface area contributed by atoms with Gasteiger partial charge in [0, 0.05) is 5.39 Å². The molecular weight excluding hydrogens is 536 g/mol. The minimum absolute atomic E-state index is 0.113. The first kappa shape index (κ1) is 28.6. The van der Waals surface area contributed by atoms with Crippen LogP contribution < -0.4 is 0 Å². The summed E-state index contributed by atoms with van der Waals surface area (Å²) in [6, 6.07) is 14.3. The highest BCUT2D eigenvalue weighted by atomic mass is 16.5. The van der Waals surface area contributed by atoms with Crippen molar-refractivity contribution >= 4 is 40.5 Å². The van der Waals surface area contributed by atoms with E-state index in [0.717, 1.165) is 35.2 Å². The SMILES string of the molecule is CCOC(=O)c1[nH]c(COC(=O)c2c3c(nc4ccccc24)/C(=C/c2ccc(O)cc2)CCC3)c(C(=O)OCC)c1C. The van der Waals surface area contributed by atoms with Gasteiger partial charge in [0.2, 0.25) is 0 Å². The van der Waals surface area contributed by atoms with E-state index in [0.29, 0.717) is 28.5 Å². The molecule has 2 aromatic carbocycles. The zero-order valence-corrected chi connectivity index (χ0v) is 23.8. The number of H-pyrrole nitrogens is 1. The van der Waals surface area contributed by atoms with Gasteiger partial charge >= 0.3 is 17.9 Å². The van der Waals surface area contributed by atoms with Crippen LogP contribution in [-0.4, -0.2) is 46.2 Å². The summed E-state index contributed by atoms with van der Waals surface area (Å²) >= 11 is 0. The molecule has 2 heterocycles. The van der Waals surface area contributed by atoms with Crippen LogP contribution in [0.4, 0.5) is 0 Å². The van der Waals surface area contributed by atoms with Crippen molar-refractivity contribution in [3.8, 4) is 5.75 Å². The number of aromatic hydroxyl groups is 1.